The van der Waals surface area contributed by atoms with Crippen LogP contribution in [-0.2, 0) is 0 Å². The van der Waals surface area contributed by atoms with Crippen LogP contribution in [0.5, 0.6) is 5.75 Å². The van der Waals surface area contributed by atoms with E-state index in [1.807, 2.05) is 18.3 Å². The van der Waals surface area contributed by atoms with Crippen molar-refractivity contribution in [1.82, 2.24) is 9.88 Å². The molecule has 0 aliphatic heterocycles. The maximum Gasteiger partial charge on any atom is 0.168 e. The van der Waals surface area contributed by atoms with Gasteiger partial charge >= 0.3 is 0 Å². The third-order valence-electron chi connectivity index (χ3n) is 3.62. The van der Waals surface area contributed by atoms with Gasteiger partial charge in [-0.1, -0.05) is 20.8 Å². The molecule has 0 aromatic carbocycles. The van der Waals surface area contributed by atoms with Gasteiger partial charge < -0.3 is 15.0 Å². The van der Waals surface area contributed by atoms with Gasteiger partial charge in [0.05, 0.1) is 6.61 Å². The molecule has 120 valence electrons. The molecule has 21 heavy (non-hydrogen) atoms. The van der Waals surface area contributed by atoms with E-state index in [0.29, 0.717) is 6.04 Å². The summed E-state index contributed by atoms with van der Waals surface area (Å²) in [6.45, 7) is 12.9. The molecule has 0 bridgehead atoms. The maximum atomic E-state index is 5.73. The first-order valence-electron chi connectivity index (χ1n) is 8.27. The van der Waals surface area contributed by atoms with Crippen molar-refractivity contribution in [3.8, 4) is 5.75 Å². The van der Waals surface area contributed by atoms with Gasteiger partial charge in [-0.2, -0.15) is 0 Å². The number of nitrogens with zero attached hydrogens (tertiary/aromatic N) is 2. The third kappa shape index (κ3) is 6.80. The molecule has 0 amide bonds. The summed E-state index contributed by atoms with van der Waals surface area (Å²) in [5, 5.41) is 3.47. The normalized spacial score (nSPS) is 12.4. The van der Waals surface area contributed by atoms with Crippen molar-refractivity contribution in [3.63, 3.8) is 0 Å². The Kier molecular flexibility index (Phi) is 8.83. The molecule has 1 unspecified atom stereocenters. The lowest BCUT2D eigenvalue weighted by molar-refractivity contribution is 0.295. The summed E-state index contributed by atoms with van der Waals surface area (Å²) in [4.78, 5) is 6.86. The molecule has 0 saturated heterocycles. The summed E-state index contributed by atoms with van der Waals surface area (Å²) in [6.07, 6.45) is 5.16. The van der Waals surface area contributed by atoms with Crippen molar-refractivity contribution < 1.29 is 4.74 Å². The molecular weight excluding hydrogens is 262 g/mol. The lowest BCUT2D eigenvalue weighted by atomic mass is 10.1. The average Bonchev–Trinajstić information content (AvgIpc) is 2.51. The van der Waals surface area contributed by atoms with Crippen LogP contribution in [0.4, 0.5) is 5.82 Å². The van der Waals surface area contributed by atoms with Gasteiger partial charge in [0.2, 0.25) is 0 Å². The molecule has 1 atom stereocenters. The second-order valence-electron chi connectivity index (χ2n) is 5.41. The van der Waals surface area contributed by atoms with Crippen molar-refractivity contribution in [3.05, 3.63) is 18.3 Å². The predicted molar refractivity (Wildman–Crippen MR) is 90.1 cm³/mol. The number of pyridine rings is 1. The minimum Gasteiger partial charge on any atom is -0.490 e. The van der Waals surface area contributed by atoms with Crippen LogP contribution in [0.2, 0.25) is 0 Å². The largest absolute Gasteiger partial charge is 0.490 e. The van der Waals surface area contributed by atoms with Crippen LogP contribution in [0.25, 0.3) is 0 Å². The van der Waals surface area contributed by atoms with Crippen LogP contribution in [0.3, 0.4) is 0 Å². The van der Waals surface area contributed by atoms with Crippen LogP contribution in [0, 0.1) is 0 Å². The molecule has 1 heterocycles. The topological polar surface area (TPSA) is 37.4 Å². The van der Waals surface area contributed by atoms with E-state index in [1.165, 1.54) is 13.0 Å². The molecule has 0 radical (unpaired) electrons. The number of hydrogen-bond acceptors (Lipinski definition) is 4. The standard InChI is InChI=1S/C17H31N3O/c1-5-14-21-16-11-8-12-18-17(16)19-15(4)10-9-13-20(6-2)7-3/h8,11-12,15H,5-7,9-10,13-14H2,1-4H3,(H,18,19). The Morgan fingerprint density at radius 1 is 1.29 bits per heavy atom. The maximum absolute atomic E-state index is 5.73. The van der Waals surface area contributed by atoms with Crippen LogP contribution < -0.4 is 10.1 Å². The molecular formula is C17H31N3O. The minimum absolute atomic E-state index is 0.402. The van der Waals surface area contributed by atoms with Crippen molar-refractivity contribution in [2.45, 2.75) is 53.0 Å². The minimum atomic E-state index is 0.402. The van der Waals surface area contributed by atoms with Gasteiger partial charge in [0.15, 0.2) is 11.6 Å². The van der Waals surface area contributed by atoms with E-state index >= 15 is 0 Å². The molecule has 4 nitrogen and oxygen atoms in total. The summed E-state index contributed by atoms with van der Waals surface area (Å²) in [7, 11) is 0. The Balaban J connectivity index is 2.41. The molecule has 0 saturated carbocycles. The van der Waals surface area contributed by atoms with Crippen molar-refractivity contribution in [2.75, 3.05) is 31.6 Å². The third-order valence-corrected chi connectivity index (χ3v) is 3.62. The Bertz CT molecular complexity index is 380. The molecule has 0 fully saturated rings. The summed E-state index contributed by atoms with van der Waals surface area (Å²) in [6, 6.07) is 4.30. The molecule has 0 aliphatic rings. The number of rotatable bonds is 11. The first-order chi connectivity index (χ1) is 10.2. The van der Waals surface area contributed by atoms with Crippen molar-refractivity contribution >= 4 is 5.82 Å². The average molecular weight is 293 g/mol. The molecule has 1 aromatic rings. The van der Waals surface area contributed by atoms with E-state index in [1.54, 1.807) is 0 Å². The summed E-state index contributed by atoms with van der Waals surface area (Å²) in [5.41, 5.74) is 0. The number of ether oxygens (including phenoxy) is 1. The summed E-state index contributed by atoms with van der Waals surface area (Å²) >= 11 is 0. The van der Waals surface area contributed by atoms with E-state index in [4.69, 9.17) is 4.74 Å². The van der Waals surface area contributed by atoms with Crippen molar-refractivity contribution in [2.24, 2.45) is 0 Å². The molecule has 1 rings (SSSR count). The van der Waals surface area contributed by atoms with Gasteiger partial charge in [0, 0.05) is 12.2 Å². The number of aromatic nitrogens is 1. The smallest absolute Gasteiger partial charge is 0.168 e. The highest BCUT2D eigenvalue weighted by Crippen LogP contribution is 2.22. The predicted octanol–water partition coefficient (Wildman–Crippen LogP) is 3.79. The zero-order valence-corrected chi connectivity index (χ0v) is 14.1. The van der Waals surface area contributed by atoms with Crippen LogP contribution >= 0.6 is 0 Å². The number of nitrogens with one attached hydrogen (secondary N) is 1. The number of hydrogen-bond donors (Lipinski definition) is 1. The van der Waals surface area contributed by atoms with E-state index in [0.717, 1.165) is 44.1 Å². The molecule has 0 spiro atoms. The monoisotopic (exact) mass is 293 g/mol. The SMILES string of the molecule is CCCOc1cccnc1NC(C)CCCN(CC)CC. The van der Waals surface area contributed by atoms with E-state index in [2.05, 4.69) is 42.9 Å². The first-order valence-corrected chi connectivity index (χ1v) is 8.27. The van der Waals surface area contributed by atoms with Crippen LogP contribution in [0.15, 0.2) is 18.3 Å². The molecule has 4 heteroatoms. The van der Waals surface area contributed by atoms with Gasteiger partial charge in [-0.25, -0.2) is 4.98 Å². The quantitative estimate of drug-likeness (QED) is 0.673. The highest BCUT2D eigenvalue weighted by atomic mass is 16.5. The van der Waals surface area contributed by atoms with E-state index in [-0.39, 0.29) is 0 Å². The number of anilines is 1. The zero-order valence-electron chi connectivity index (χ0n) is 14.1. The highest BCUT2D eigenvalue weighted by molar-refractivity contribution is 5.49. The van der Waals surface area contributed by atoms with Gasteiger partial charge in [0.1, 0.15) is 0 Å². The van der Waals surface area contributed by atoms with Crippen LogP contribution in [0.1, 0.15) is 47.0 Å². The summed E-state index contributed by atoms with van der Waals surface area (Å²) < 4.78 is 5.73. The fraction of sp³-hybridized carbons (Fsp3) is 0.706. The molecule has 0 aliphatic carbocycles. The second-order valence-corrected chi connectivity index (χ2v) is 5.41. The van der Waals surface area contributed by atoms with Gasteiger partial charge in [-0.15, -0.1) is 0 Å². The lowest BCUT2D eigenvalue weighted by Gasteiger charge is -2.20. The van der Waals surface area contributed by atoms with Gasteiger partial charge in [0.25, 0.3) is 0 Å². The van der Waals surface area contributed by atoms with Crippen molar-refractivity contribution in [1.29, 1.82) is 0 Å². The van der Waals surface area contributed by atoms with E-state index in [9.17, 15) is 0 Å². The Morgan fingerprint density at radius 2 is 2.05 bits per heavy atom. The van der Waals surface area contributed by atoms with Crippen LogP contribution in [-0.4, -0.2) is 42.2 Å². The molecule has 1 aromatic heterocycles. The lowest BCUT2D eigenvalue weighted by Crippen LogP contribution is -2.25. The Labute approximate surface area is 129 Å². The fourth-order valence-corrected chi connectivity index (χ4v) is 2.29. The van der Waals surface area contributed by atoms with Gasteiger partial charge in [-0.05, 0) is 58.0 Å². The molecule has 1 N–H and O–H groups in total. The zero-order chi connectivity index (χ0) is 15.5. The van der Waals surface area contributed by atoms with Gasteiger partial charge in [-0.3, -0.25) is 0 Å². The first kappa shape index (κ1) is 17.8. The van der Waals surface area contributed by atoms with E-state index < -0.39 is 0 Å². The summed E-state index contributed by atoms with van der Waals surface area (Å²) in [5.74, 6) is 1.72. The Morgan fingerprint density at radius 3 is 2.71 bits per heavy atom. The Hall–Kier alpha value is -1.29. The fourth-order valence-electron chi connectivity index (χ4n) is 2.29. The highest BCUT2D eigenvalue weighted by Gasteiger charge is 2.09. The second kappa shape index (κ2) is 10.4.